The minimum Gasteiger partial charge on any atom is -0.481 e. The second-order valence-corrected chi connectivity index (χ2v) is 12.3. The van der Waals surface area contributed by atoms with Crippen molar-refractivity contribution in [1.29, 1.82) is 0 Å². The molecule has 5 rings (SSSR count). The van der Waals surface area contributed by atoms with Crippen molar-refractivity contribution in [3.8, 4) is 0 Å². The molecule has 8 atom stereocenters. The minimum absolute atomic E-state index is 0.00501. The van der Waals surface area contributed by atoms with Gasteiger partial charge in [-0.2, -0.15) is 0 Å². The number of ether oxygens (including phenoxy) is 1. The first-order valence-corrected chi connectivity index (χ1v) is 13.2. The molecule has 0 radical (unpaired) electrons. The third kappa shape index (κ3) is 3.50. The van der Waals surface area contributed by atoms with E-state index in [0.29, 0.717) is 16.7 Å². The molecule has 4 aliphatic rings. The van der Waals surface area contributed by atoms with Crippen molar-refractivity contribution in [2.75, 3.05) is 6.61 Å². The number of ketones is 1. The number of aliphatic carboxylic acids is 1. The van der Waals surface area contributed by atoms with E-state index in [1.54, 1.807) is 43.3 Å². The third-order valence-corrected chi connectivity index (χ3v) is 10.0. The molecule has 0 amide bonds. The number of fused-ring (bicyclic) bond motifs is 5. The lowest BCUT2D eigenvalue weighted by atomic mass is 9.60. The van der Waals surface area contributed by atoms with Gasteiger partial charge in [-0.25, -0.2) is 0 Å². The molecule has 204 valence electrons. The number of carbonyl (C=O) groups excluding carboxylic acids is 2. The largest absolute Gasteiger partial charge is 0.481 e. The van der Waals surface area contributed by atoms with Crippen LogP contribution in [0.5, 0.6) is 0 Å². The lowest BCUT2D eigenvalue weighted by Crippen LogP contribution is -2.61. The number of aliphatic hydroxyl groups excluding tert-OH is 1. The van der Waals surface area contributed by atoms with Crippen LogP contribution in [0.25, 0.3) is 0 Å². The van der Waals surface area contributed by atoms with Crippen LogP contribution in [0.1, 0.15) is 46.1 Å². The number of carbonyl (C=O) groups is 3. The zero-order valence-electron chi connectivity index (χ0n) is 22.2. The van der Waals surface area contributed by atoms with Gasteiger partial charge in [0, 0.05) is 29.6 Å². The molecular formula is C30H36O8. The van der Waals surface area contributed by atoms with Gasteiger partial charge in [-0.15, -0.1) is 0 Å². The predicted octanol–water partition coefficient (Wildman–Crippen LogP) is 2.45. The Balaban J connectivity index is 1.52. The maximum Gasteiger partial charge on any atom is 0.321 e. The van der Waals surface area contributed by atoms with Gasteiger partial charge in [0.15, 0.2) is 11.7 Å². The molecule has 4 N–H and O–H groups in total. The van der Waals surface area contributed by atoms with Gasteiger partial charge in [0.2, 0.25) is 0 Å². The Kier molecular flexibility index (Phi) is 6.06. The van der Waals surface area contributed by atoms with Crippen molar-refractivity contribution < 1.29 is 39.5 Å². The molecule has 0 saturated heterocycles. The molecule has 2 saturated carbocycles. The molecule has 4 aliphatic carbocycles. The van der Waals surface area contributed by atoms with Gasteiger partial charge >= 0.3 is 11.9 Å². The van der Waals surface area contributed by atoms with E-state index in [1.807, 2.05) is 26.8 Å². The van der Waals surface area contributed by atoms with E-state index >= 15 is 0 Å². The van der Waals surface area contributed by atoms with Crippen LogP contribution in [0.4, 0.5) is 0 Å². The van der Waals surface area contributed by atoms with E-state index in [2.05, 4.69) is 0 Å². The third-order valence-electron chi connectivity index (χ3n) is 10.0. The van der Waals surface area contributed by atoms with Crippen LogP contribution in [0, 0.1) is 35.0 Å². The summed E-state index contributed by atoms with van der Waals surface area (Å²) < 4.78 is 6.15. The predicted molar refractivity (Wildman–Crippen MR) is 137 cm³/mol. The lowest BCUT2D eigenvalue weighted by molar-refractivity contribution is -0.190. The van der Waals surface area contributed by atoms with Crippen molar-refractivity contribution >= 4 is 17.7 Å². The van der Waals surface area contributed by atoms with Crippen LogP contribution in [0.3, 0.4) is 0 Å². The molecule has 0 heterocycles. The number of hydrogen-bond donors (Lipinski definition) is 4. The highest BCUT2D eigenvalue weighted by atomic mass is 16.6. The average molecular weight is 525 g/mol. The summed E-state index contributed by atoms with van der Waals surface area (Å²) in [6.45, 7) is 6.91. The zero-order valence-corrected chi connectivity index (χ0v) is 22.2. The van der Waals surface area contributed by atoms with E-state index in [9.17, 15) is 34.8 Å². The molecule has 1 aromatic rings. The van der Waals surface area contributed by atoms with Crippen molar-refractivity contribution in [3.63, 3.8) is 0 Å². The highest BCUT2D eigenvalue weighted by Crippen LogP contribution is 2.76. The zero-order chi connectivity index (χ0) is 27.8. The van der Waals surface area contributed by atoms with E-state index < -0.39 is 69.5 Å². The first kappa shape index (κ1) is 26.8. The van der Waals surface area contributed by atoms with Crippen LogP contribution >= 0.6 is 0 Å². The molecular weight excluding hydrogens is 488 g/mol. The monoisotopic (exact) mass is 524 g/mol. The van der Waals surface area contributed by atoms with Crippen LogP contribution < -0.4 is 0 Å². The Bertz CT molecular complexity index is 1250. The lowest BCUT2D eigenvalue weighted by Gasteiger charge is -2.50. The summed E-state index contributed by atoms with van der Waals surface area (Å²) in [4.78, 5) is 38.6. The Hall–Kier alpha value is -2.81. The first-order valence-electron chi connectivity index (χ1n) is 13.2. The number of benzene rings is 1. The van der Waals surface area contributed by atoms with Gasteiger partial charge in [-0.05, 0) is 42.4 Å². The quantitative estimate of drug-likeness (QED) is 0.253. The number of rotatable bonds is 6. The fourth-order valence-corrected chi connectivity index (χ4v) is 7.97. The fourth-order valence-electron chi connectivity index (χ4n) is 7.97. The average Bonchev–Trinajstić information content (AvgIpc) is 3.26. The minimum atomic E-state index is -1.86. The van der Waals surface area contributed by atoms with Gasteiger partial charge < -0.3 is 25.2 Å². The van der Waals surface area contributed by atoms with Crippen molar-refractivity contribution in [2.45, 2.75) is 63.8 Å². The Morgan fingerprint density at radius 1 is 1.13 bits per heavy atom. The highest BCUT2D eigenvalue weighted by Gasteiger charge is 2.83. The van der Waals surface area contributed by atoms with Crippen molar-refractivity contribution in [1.82, 2.24) is 0 Å². The van der Waals surface area contributed by atoms with Crippen LogP contribution in [0.2, 0.25) is 0 Å². The molecule has 0 aromatic heterocycles. The summed E-state index contributed by atoms with van der Waals surface area (Å²) in [6, 6.07) is 8.91. The summed E-state index contributed by atoms with van der Waals surface area (Å²) in [6.07, 6.45) is 3.55. The molecule has 8 heteroatoms. The molecule has 0 unspecified atom stereocenters. The van der Waals surface area contributed by atoms with Crippen LogP contribution in [-0.4, -0.2) is 61.6 Å². The molecule has 1 aromatic carbocycles. The second-order valence-electron chi connectivity index (χ2n) is 12.3. The summed E-state index contributed by atoms with van der Waals surface area (Å²) >= 11 is 0. The standard InChI is InChI=1S/C30H36O8/c1-16-10-22-28(36,24(16)32)14-19(15-31)12-21-23-27(3,4)29(23,13-17(2)30(21,22)37)38-26(35)20(25(33)34)11-18-8-6-5-7-9-18/h5-10,12,17,20-23,31,36-37H,11,13-15H2,1-4H3,(H,33,34)/t17-,20-,21+,22-,23+,28-,29+,30-/m1/s1. The molecule has 0 bridgehead atoms. The van der Waals surface area contributed by atoms with Gasteiger partial charge in [-0.1, -0.05) is 63.3 Å². The van der Waals surface area contributed by atoms with E-state index in [0.717, 1.165) is 0 Å². The number of carboxylic acid groups (broad SMARTS) is 1. The summed E-state index contributed by atoms with van der Waals surface area (Å²) in [5.41, 5.74) is -3.54. The van der Waals surface area contributed by atoms with E-state index in [-0.39, 0.29) is 25.9 Å². The molecule has 0 aliphatic heterocycles. The first-order chi connectivity index (χ1) is 17.7. The summed E-state index contributed by atoms with van der Waals surface area (Å²) in [5.74, 6) is -6.38. The Morgan fingerprint density at radius 3 is 2.39 bits per heavy atom. The van der Waals surface area contributed by atoms with Gasteiger partial charge in [-0.3, -0.25) is 14.4 Å². The van der Waals surface area contributed by atoms with Crippen molar-refractivity contribution in [3.05, 3.63) is 59.2 Å². The number of carboxylic acids is 1. The SMILES string of the molecule is CC1=C[C@H]2[C@@]3(O)[C@H](C)C[C@]4(OC(=O)[C@H](Cc5ccccc5)C(=O)O)[C@@H]([C@@H]3C=C(CO)C[C@]2(O)C1=O)C4(C)C. The molecule has 0 spiro atoms. The molecule has 2 fully saturated rings. The number of Topliss-reactive ketones (excluding diaryl/α,β-unsaturated/α-hetero) is 1. The highest BCUT2D eigenvalue weighted by molar-refractivity contribution is 6.04. The van der Waals surface area contributed by atoms with Crippen LogP contribution in [0.15, 0.2) is 53.6 Å². The van der Waals surface area contributed by atoms with Gasteiger partial charge in [0.1, 0.15) is 11.2 Å². The Labute approximate surface area is 222 Å². The molecule has 8 nitrogen and oxygen atoms in total. The fraction of sp³-hybridized carbons (Fsp3) is 0.567. The topological polar surface area (TPSA) is 141 Å². The second kappa shape index (κ2) is 8.60. The van der Waals surface area contributed by atoms with Crippen molar-refractivity contribution in [2.24, 2.45) is 35.0 Å². The van der Waals surface area contributed by atoms with E-state index in [4.69, 9.17) is 4.74 Å². The summed E-state index contributed by atoms with van der Waals surface area (Å²) in [5, 5.41) is 44.0. The van der Waals surface area contributed by atoms with Gasteiger partial charge in [0.05, 0.1) is 12.2 Å². The number of aliphatic hydroxyl groups is 3. The summed E-state index contributed by atoms with van der Waals surface area (Å²) in [7, 11) is 0. The maximum absolute atomic E-state index is 13.4. The van der Waals surface area contributed by atoms with Crippen LogP contribution in [-0.2, 0) is 25.5 Å². The normalized spacial score (nSPS) is 39.5. The Morgan fingerprint density at radius 2 is 1.79 bits per heavy atom. The smallest absolute Gasteiger partial charge is 0.321 e. The van der Waals surface area contributed by atoms with Gasteiger partial charge in [0.25, 0.3) is 0 Å². The maximum atomic E-state index is 13.4. The number of hydrogen-bond acceptors (Lipinski definition) is 7. The number of esters is 1. The molecule has 38 heavy (non-hydrogen) atoms. The van der Waals surface area contributed by atoms with E-state index in [1.165, 1.54) is 0 Å².